The van der Waals surface area contributed by atoms with Gasteiger partial charge in [0.1, 0.15) is 0 Å². The predicted octanol–water partition coefficient (Wildman–Crippen LogP) is 6.96. The molecule has 198 valence electrons. The van der Waals surface area contributed by atoms with Crippen LogP contribution in [-0.2, 0) is 0 Å². The number of carbonyl (C=O) groups is 2. The number of methoxy groups -OCH3 is 1. The molecule has 7 nitrogen and oxygen atoms in total. The number of hydrogen-bond acceptors (Lipinski definition) is 6. The lowest BCUT2D eigenvalue weighted by Crippen LogP contribution is -2.18. The molecule has 0 atom stereocenters. The summed E-state index contributed by atoms with van der Waals surface area (Å²) < 4.78 is 11.6. The van der Waals surface area contributed by atoms with Gasteiger partial charge in [-0.25, -0.2) is 15.2 Å². The fourth-order valence-corrected chi connectivity index (χ4v) is 4.59. The Hall–Kier alpha value is -4.82. The second kappa shape index (κ2) is 11.9. The van der Waals surface area contributed by atoms with Crippen LogP contribution in [0, 0.1) is 6.92 Å². The number of hydrogen-bond donors (Lipinski definition) is 1. The van der Waals surface area contributed by atoms with Gasteiger partial charge in [0.05, 0.1) is 35.7 Å². The minimum Gasteiger partial charge on any atom is -0.493 e. The second-order valence-corrected chi connectivity index (χ2v) is 9.77. The Kier molecular flexibility index (Phi) is 7.98. The molecule has 0 bridgehead atoms. The molecule has 0 saturated carbocycles. The maximum atomic E-state index is 13.3. The molecule has 0 fully saturated rings. The Morgan fingerprint density at radius 1 is 0.875 bits per heavy atom. The molecule has 1 N–H and O–H groups in total. The minimum absolute atomic E-state index is 0.261. The lowest BCUT2D eigenvalue weighted by Gasteiger charge is -2.11. The number of carbonyl (C=O) groups excluding carboxylic acids is 2. The first kappa shape index (κ1) is 26.8. The van der Waals surface area contributed by atoms with E-state index in [9.17, 15) is 9.59 Å². The van der Waals surface area contributed by atoms with Crippen LogP contribution in [0.2, 0.25) is 0 Å². The average molecular weight is 594 g/mol. The summed E-state index contributed by atoms with van der Waals surface area (Å²) in [4.78, 5) is 30.6. The number of amides is 1. The number of halogens is 1. The third kappa shape index (κ3) is 5.92. The first-order valence-corrected chi connectivity index (χ1v) is 13.2. The summed E-state index contributed by atoms with van der Waals surface area (Å²) in [5, 5.41) is 4.90. The maximum Gasteiger partial charge on any atom is 0.344 e. The average Bonchev–Trinajstić information content (AvgIpc) is 2.97. The molecule has 0 aliphatic rings. The van der Waals surface area contributed by atoms with E-state index in [1.54, 1.807) is 42.5 Å². The van der Waals surface area contributed by atoms with Crippen LogP contribution in [0.3, 0.4) is 0 Å². The Bertz CT molecular complexity index is 1750. The number of benzene rings is 4. The van der Waals surface area contributed by atoms with Crippen molar-refractivity contribution < 1.29 is 19.1 Å². The molecule has 0 spiro atoms. The topological polar surface area (TPSA) is 89.9 Å². The molecule has 5 rings (SSSR count). The molecule has 0 radical (unpaired) electrons. The van der Waals surface area contributed by atoms with Crippen molar-refractivity contribution in [1.82, 2.24) is 10.4 Å². The smallest absolute Gasteiger partial charge is 0.344 e. The van der Waals surface area contributed by atoms with Gasteiger partial charge in [0.25, 0.3) is 5.91 Å². The van der Waals surface area contributed by atoms with Gasteiger partial charge in [-0.15, -0.1) is 0 Å². The van der Waals surface area contributed by atoms with Gasteiger partial charge in [0.15, 0.2) is 11.5 Å². The third-order valence-electron chi connectivity index (χ3n) is 6.14. The highest BCUT2D eigenvalue weighted by atomic mass is 79.9. The Morgan fingerprint density at radius 3 is 2.42 bits per heavy atom. The molecule has 1 heterocycles. The Labute approximate surface area is 239 Å². The van der Waals surface area contributed by atoms with Crippen LogP contribution in [0.1, 0.15) is 31.8 Å². The summed E-state index contributed by atoms with van der Waals surface area (Å²) in [5.41, 5.74) is 7.47. The predicted molar refractivity (Wildman–Crippen MR) is 159 cm³/mol. The van der Waals surface area contributed by atoms with E-state index >= 15 is 0 Å². The van der Waals surface area contributed by atoms with Crippen molar-refractivity contribution in [1.29, 1.82) is 0 Å². The fourth-order valence-electron chi connectivity index (χ4n) is 4.14. The number of nitrogens with one attached hydrogen (secondary N) is 1. The minimum atomic E-state index is -0.519. The van der Waals surface area contributed by atoms with Crippen LogP contribution < -0.4 is 14.9 Å². The summed E-state index contributed by atoms with van der Waals surface area (Å²) in [6.07, 6.45) is 1.49. The highest BCUT2D eigenvalue weighted by Gasteiger charge is 2.16. The van der Waals surface area contributed by atoms with Gasteiger partial charge in [-0.1, -0.05) is 54.1 Å². The molecule has 0 saturated heterocycles. The summed E-state index contributed by atoms with van der Waals surface area (Å²) in [6.45, 7) is 1.97. The van der Waals surface area contributed by atoms with Gasteiger partial charge in [0, 0.05) is 15.4 Å². The number of aryl methyl sites for hydroxylation is 1. The zero-order valence-electron chi connectivity index (χ0n) is 21.7. The van der Waals surface area contributed by atoms with Crippen LogP contribution in [0.25, 0.3) is 22.2 Å². The van der Waals surface area contributed by atoms with Gasteiger partial charge in [-0.3, -0.25) is 4.79 Å². The van der Waals surface area contributed by atoms with Crippen molar-refractivity contribution in [3.05, 3.63) is 124 Å². The van der Waals surface area contributed by atoms with E-state index in [2.05, 4.69) is 26.5 Å². The number of nitrogens with zero attached hydrogens (tertiary/aromatic N) is 2. The lowest BCUT2D eigenvalue weighted by atomic mass is 10.0. The van der Waals surface area contributed by atoms with Crippen LogP contribution in [0.4, 0.5) is 0 Å². The van der Waals surface area contributed by atoms with Gasteiger partial charge in [-0.2, -0.15) is 5.10 Å². The third-order valence-corrected chi connectivity index (χ3v) is 6.83. The molecule has 1 aromatic heterocycles. The van der Waals surface area contributed by atoms with E-state index < -0.39 is 5.97 Å². The number of ether oxygens (including phenoxy) is 2. The Morgan fingerprint density at radius 2 is 1.65 bits per heavy atom. The highest BCUT2D eigenvalue weighted by molar-refractivity contribution is 9.10. The summed E-state index contributed by atoms with van der Waals surface area (Å²) in [6, 6.07) is 29.3. The number of aromatic nitrogens is 1. The van der Waals surface area contributed by atoms with Crippen LogP contribution in [0.5, 0.6) is 11.5 Å². The quantitative estimate of drug-likeness (QED) is 0.0952. The number of rotatable bonds is 7. The normalized spacial score (nSPS) is 11.0. The standard InChI is InChI=1S/C32H24BrN3O4/c1-20-12-14-27-24(16-20)25(18-28(35-27)22-8-4-3-5-9-22)31(37)36-34-19-21-13-15-29(30(17-21)39-2)40-32(38)23-10-6-7-11-26(23)33/h3-19H,1-2H3,(H,36,37). The first-order valence-electron chi connectivity index (χ1n) is 12.4. The van der Waals surface area contributed by atoms with Crippen molar-refractivity contribution >= 4 is 44.9 Å². The van der Waals surface area contributed by atoms with Crippen LogP contribution in [0.15, 0.2) is 107 Å². The second-order valence-electron chi connectivity index (χ2n) is 8.92. The fraction of sp³-hybridized carbons (Fsp3) is 0.0625. The van der Waals surface area contributed by atoms with Crippen molar-refractivity contribution in [2.75, 3.05) is 7.11 Å². The van der Waals surface area contributed by atoms with Crippen molar-refractivity contribution in [3.8, 4) is 22.8 Å². The van der Waals surface area contributed by atoms with Crippen molar-refractivity contribution in [3.63, 3.8) is 0 Å². The molecular weight excluding hydrogens is 570 g/mol. The van der Waals surface area contributed by atoms with Gasteiger partial charge in [-0.05, 0) is 76.9 Å². The number of hydrazone groups is 1. The van der Waals surface area contributed by atoms with Gasteiger partial charge in [0.2, 0.25) is 0 Å². The molecule has 0 aliphatic heterocycles. The van der Waals surface area contributed by atoms with Gasteiger partial charge < -0.3 is 9.47 Å². The molecule has 1 amide bonds. The first-order chi connectivity index (χ1) is 19.4. The monoisotopic (exact) mass is 593 g/mol. The highest BCUT2D eigenvalue weighted by Crippen LogP contribution is 2.30. The molecule has 8 heteroatoms. The molecule has 5 aromatic rings. The van der Waals surface area contributed by atoms with E-state index in [1.807, 2.05) is 61.5 Å². The van der Waals surface area contributed by atoms with E-state index in [1.165, 1.54) is 13.3 Å². The molecule has 0 unspecified atom stereocenters. The molecule has 40 heavy (non-hydrogen) atoms. The number of pyridine rings is 1. The van der Waals surface area contributed by atoms with Crippen molar-refractivity contribution in [2.45, 2.75) is 6.92 Å². The molecule has 0 aliphatic carbocycles. The zero-order chi connectivity index (χ0) is 28.1. The van der Waals surface area contributed by atoms with Gasteiger partial charge >= 0.3 is 5.97 Å². The summed E-state index contributed by atoms with van der Waals surface area (Å²) in [7, 11) is 1.48. The number of esters is 1. The summed E-state index contributed by atoms with van der Waals surface area (Å²) in [5.74, 6) is -0.276. The van der Waals surface area contributed by atoms with E-state index in [0.29, 0.717) is 32.6 Å². The number of fused-ring (bicyclic) bond motifs is 1. The lowest BCUT2D eigenvalue weighted by molar-refractivity contribution is 0.0728. The van der Waals surface area contributed by atoms with E-state index in [4.69, 9.17) is 14.5 Å². The SMILES string of the molecule is COc1cc(C=NNC(=O)c2cc(-c3ccccc3)nc3ccc(C)cc23)ccc1OC(=O)c1ccccc1Br. The van der Waals surface area contributed by atoms with Crippen LogP contribution in [-0.4, -0.2) is 30.2 Å². The summed E-state index contributed by atoms with van der Waals surface area (Å²) >= 11 is 3.36. The molecule has 4 aromatic carbocycles. The largest absolute Gasteiger partial charge is 0.493 e. The zero-order valence-corrected chi connectivity index (χ0v) is 23.3. The van der Waals surface area contributed by atoms with Crippen molar-refractivity contribution in [2.24, 2.45) is 5.10 Å². The van der Waals surface area contributed by atoms with E-state index in [0.717, 1.165) is 22.0 Å². The molecular formula is C32H24BrN3O4. The maximum absolute atomic E-state index is 13.3. The van der Waals surface area contributed by atoms with Crippen LogP contribution >= 0.6 is 15.9 Å². The van der Waals surface area contributed by atoms with E-state index in [-0.39, 0.29) is 11.7 Å². The Balaban J connectivity index is 1.36.